The van der Waals surface area contributed by atoms with Crippen LogP contribution in [-0.2, 0) is 11.3 Å². The van der Waals surface area contributed by atoms with Gasteiger partial charge in [-0.15, -0.1) is 0 Å². The minimum absolute atomic E-state index is 0.122. The number of aromatic nitrogens is 2. The van der Waals surface area contributed by atoms with E-state index in [-0.39, 0.29) is 11.3 Å². The second-order valence-corrected chi connectivity index (χ2v) is 7.15. The van der Waals surface area contributed by atoms with Gasteiger partial charge in [0.15, 0.2) is 0 Å². The molecule has 6 heteroatoms. The first kappa shape index (κ1) is 16.5. The Morgan fingerprint density at radius 2 is 2.17 bits per heavy atom. The number of ether oxygens (including phenoxy) is 1. The van der Waals surface area contributed by atoms with Crippen LogP contribution >= 0.6 is 0 Å². The number of aryl methyl sites for hydroxylation is 1. The summed E-state index contributed by atoms with van der Waals surface area (Å²) in [6, 6.07) is 1.84. The first-order valence-corrected chi connectivity index (χ1v) is 8.59. The number of carbonyl (C=O) groups excluding carboxylic acids is 1. The van der Waals surface area contributed by atoms with Crippen molar-refractivity contribution in [2.45, 2.75) is 26.3 Å². The summed E-state index contributed by atoms with van der Waals surface area (Å²) in [5, 5.41) is 4.24. The van der Waals surface area contributed by atoms with Gasteiger partial charge in [0.1, 0.15) is 5.69 Å². The highest BCUT2D eigenvalue weighted by Crippen LogP contribution is 2.44. The fraction of sp³-hybridized carbons (Fsp3) is 0.765. The minimum atomic E-state index is 0.122. The fourth-order valence-electron chi connectivity index (χ4n) is 4.15. The minimum Gasteiger partial charge on any atom is -0.381 e. The number of nitrogens with zero attached hydrogens (tertiary/aromatic N) is 4. The van der Waals surface area contributed by atoms with E-state index in [1.165, 1.54) is 0 Å². The molecule has 23 heavy (non-hydrogen) atoms. The molecule has 2 fully saturated rings. The molecule has 0 aliphatic carbocycles. The summed E-state index contributed by atoms with van der Waals surface area (Å²) in [5.41, 5.74) is 0.926. The second-order valence-electron chi connectivity index (χ2n) is 7.15. The quantitative estimate of drug-likeness (QED) is 0.840. The molecule has 2 saturated heterocycles. The Hall–Kier alpha value is -1.40. The highest BCUT2D eigenvalue weighted by atomic mass is 16.5. The van der Waals surface area contributed by atoms with Crippen LogP contribution in [0.25, 0.3) is 0 Å². The van der Waals surface area contributed by atoms with Crippen molar-refractivity contribution < 1.29 is 9.53 Å². The van der Waals surface area contributed by atoms with Gasteiger partial charge in [-0.2, -0.15) is 5.10 Å². The normalized spacial score (nSPS) is 23.8. The first-order valence-electron chi connectivity index (χ1n) is 8.59. The lowest BCUT2D eigenvalue weighted by molar-refractivity contribution is -0.00454. The van der Waals surface area contributed by atoms with Crippen LogP contribution in [0.4, 0.5) is 0 Å². The Morgan fingerprint density at radius 1 is 1.43 bits per heavy atom. The lowest BCUT2D eigenvalue weighted by Gasteiger charge is -2.38. The average molecular weight is 320 g/mol. The molecule has 0 bridgehead atoms. The molecule has 3 rings (SSSR count). The number of rotatable bonds is 4. The largest absolute Gasteiger partial charge is 0.381 e. The highest BCUT2D eigenvalue weighted by molar-refractivity contribution is 5.92. The third kappa shape index (κ3) is 3.15. The predicted octanol–water partition coefficient (Wildman–Crippen LogP) is 1.33. The lowest BCUT2D eigenvalue weighted by atomic mass is 9.72. The van der Waals surface area contributed by atoms with E-state index in [1.54, 1.807) is 10.9 Å². The lowest BCUT2D eigenvalue weighted by Crippen LogP contribution is -2.41. The summed E-state index contributed by atoms with van der Waals surface area (Å²) in [7, 11) is 4.23. The maximum absolute atomic E-state index is 13.0. The zero-order chi connectivity index (χ0) is 16.4. The fourth-order valence-corrected chi connectivity index (χ4v) is 4.15. The third-order valence-electron chi connectivity index (χ3n) is 5.41. The van der Waals surface area contributed by atoms with E-state index in [4.69, 9.17) is 4.74 Å². The zero-order valence-corrected chi connectivity index (χ0v) is 14.5. The molecule has 0 radical (unpaired) electrons. The summed E-state index contributed by atoms with van der Waals surface area (Å²) >= 11 is 0. The van der Waals surface area contributed by atoms with Crippen molar-refractivity contribution in [3.63, 3.8) is 0 Å². The van der Waals surface area contributed by atoms with Crippen LogP contribution in [0.15, 0.2) is 12.3 Å². The van der Waals surface area contributed by atoms with Gasteiger partial charge < -0.3 is 14.5 Å². The number of amides is 1. The van der Waals surface area contributed by atoms with E-state index in [2.05, 4.69) is 24.1 Å². The van der Waals surface area contributed by atoms with Crippen LogP contribution in [0.2, 0.25) is 0 Å². The third-order valence-corrected chi connectivity index (χ3v) is 5.41. The summed E-state index contributed by atoms with van der Waals surface area (Å²) in [6.45, 7) is 7.09. The van der Waals surface area contributed by atoms with Crippen LogP contribution in [0.5, 0.6) is 0 Å². The van der Waals surface area contributed by atoms with Crippen LogP contribution in [-0.4, -0.2) is 72.4 Å². The van der Waals surface area contributed by atoms with Gasteiger partial charge in [0, 0.05) is 45.6 Å². The average Bonchev–Trinajstić information content (AvgIpc) is 3.13. The van der Waals surface area contributed by atoms with Crippen LogP contribution < -0.4 is 0 Å². The number of hydrogen-bond donors (Lipinski definition) is 0. The van der Waals surface area contributed by atoms with Crippen molar-refractivity contribution in [3.8, 4) is 0 Å². The Labute approximate surface area is 138 Å². The molecule has 1 aromatic heterocycles. The molecule has 3 heterocycles. The molecule has 1 amide bonds. The topological polar surface area (TPSA) is 50.6 Å². The van der Waals surface area contributed by atoms with E-state index in [9.17, 15) is 4.79 Å². The Balaban J connectivity index is 1.80. The van der Waals surface area contributed by atoms with E-state index in [0.29, 0.717) is 11.6 Å². The molecule has 1 aromatic rings. The van der Waals surface area contributed by atoms with Gasteiger partial charge in [-0.05, 0) is 51.3 Å². The molecule has 0 aromatic carbocycles. The van der Waals surface area contributed by atoms with Gasteiger partial charge in [0.05, 0.1) is 0 Å². The number of likely N-dealkylation sites (tertiary alicyclic amines) is 1. The maximum Gasteiger partial charge on any atom is 0.272 e. The molecule has 1 spiro atoms. The molecule has 2 aliphatic heterocycles. The second kappa shape index (κ2) is 6.61. The van der Waals surface area contributed by atoms with Crippen molar-refractivity contribution in [1.29, 1.82) is 0 Å². The van der Waals surface area contributed by atoms with Crippen LogP contribution in [0.3, 0.4) is 0 Å². The van der Waals surface area contributed by atoms with Gasteiger partial charge in [-0.25, -0.2) is 0 Å². The summed E-state index contributed by atoms with van der Waals surface area (Å²) in [4.78, 5) is 17.3. The summed E-state index contributed by atoms with van der Waals surface area (Å²) < 4.78 is 7.37. The van der Waals surface area contributed by atoms with Crippen molar-refractivity contribution >= 4 is 5.91 Å². The summed E-state index contributed by atoms with van der Waals surface area (Å²) in [5.74, 6) is 0.639. The number of carbonyl (C=O) groups is 1. The monoisotopic (exact) mass is 320 g/mol. The van der Waals surface area contributed by atoms with Crippen molar-refractivity contribution in [3.05, 3.63) is 18.0 Å². The molecule has 2 aliphatic rings. The van der Waals surface area contributed by atoms with Gasteiger partial charge >= 0.3 is 0 Å². The molecular weight excluding hydrogens is 292 g/mol. The van der Waals surface area contributed by atoms with Crippen molar-refractivity contribution in [1.82, 2.24) is 19.6 Å². The molecule has 0 N–H and O–H groups in total. The summed E-state index contributed by atoms with van der Waals surface area (Å²) in [6.07, 6.45) is 3.83. The molecular formula is C17H28N4O2. The van der Waals surface area contributed by atoms with Gasteiger partial charge in [-0.3, -0.25) is 9.48 Å². The van der Waals surface area contributed by atoms with Gasteiger partial charge in [-0.1, -0.05) is 0 Å². The number of hydrogen-bond acceptors (Lipinski definition) is 4. The highest BCUT2D eigenvalue weighted by Gasteiger charge is 2.48. The first-order chi connectivity index (χ1) is 11.1. The van der Waals surface area contributed by atoms with Gasteiger partial charge in [0.25, 0.3) is 5.91 Å². The Bertz CT molecular complexity index is 549. The van der Waals surface area contributed by atoms with Gasteiger partial charge in [0.2, 0.25) is 0 Å². The molecule has 1 unspecified atom stereocenters. The maximum atomic E-state index is 13.0. The van der Waals surface area contributed by atoms with Crippen molar-refractivity contribution in [2.24, 2.45) is 11.3 Å². The molecule has 1 atom stereocenters. The Kier molecular flexibility index (Phi) is 4.73. The van der Waals surface area contributed by atoms with E-state index >= 15 is 0 Å². The van der Waals surface area contributed by atoms with Crippen LogP contribution in [0.1, 0.15) is 30.3 Å². The SMILES string of the molecule is CCn1nccc1C(=O)N1CC(CN(C)C)C2(CCOCC2)C1. The van der Waals surface area contributed by atoms with E-state index in [1.807, 2.05) is 17.9 Å². The van der Waals surface area contributed by atoms with E-state index in [0.717, 1.165) is 52.2 Å². The molecule has 128 valence electrons. The Morgan fingerprint density at radius 3 is 2.83 bits per heavy atom. The predicted molar refractivity (Wildman–Crippen MR) is 88.3 cm³/mol. The van der Waals surface area contributed by atoms with Crippen molar-refractivity contribution in [2.75, 3.05) is 46.9 Å². The smallest absolute Gasteiger partial charge is 0.272 e. The standard InChI is InChI=1S/C17H28N4O2/c1-4-21-15(5-8-18-21)16(22)20-12-14(11-19(2)3)17(13-20)6-9-23-10-7-17/h5,8,14H,4,6-7,9-13H2,1-3H3. The van der Waals surface area contributed by atoms with E-state index < -0.39 is 0 Å². The van der Waals surface area contributed by atoms with Crippen LogP contribution in [0, 0.1) is 11.3 Å². The zero-order valence-electron chi connectivity index (χ0n) is 14.5. The molecule has 6 nitrogen and oxygen atoms in total. The molecule has 0 saturated carbocycles.